The maximum atomic E-state index is 12.7. The first-order valence-corrected chi connectivity index (χ1v) is 3.23. The second-order valence-electron chi connectivity index (χ2n) is 2.38. The Morgan fingerprint density at radius 2 is 2.00 bits per heavy atom. The first-order valence-electron chi connectivity index (χ1n) is 3.23. The van der Waals surface area contributed by atoms with Gasteiger partial charge in [-0.05, 0) is 18.6 Å². The van der Waals surface area contributed by atoms with Crippen molar-refractivity contribution in [2.75, 3.05) is 0 Å². The molecule has 3 heteroatoms. The van der Waals surface area contributed by atoms with Crippen molar-refractivity contribution in [3.05, 3.63) is 35.1 Å². The highest BCUT2D eigenvalue weighted by Crippen LogP contribution is 2.13. The van der Waals surface area contributed by atoms with E-state index >= 15 is 0 Å². The quantitative estimate of drug-likeness (QED) is 0.598. The molecule has 1 aromatic rings. The van der Waals surface area contributed by atoms with Gasteiger partial charge in [-0.2, -0.15) is 0 Å². The first kappa shape index (κ1) is 8.17. The van der Waals surface area contributed by atoms with E-state index in [4.69, 9.17) is 10.2 Å². The number of hydrogen-bond acceptors (Lipinski definition) is 2. The van der Waals surface area contributed by atoms with Crippen molar-refractivity contribution in [3.63, 3.8) is 0 Å². The van der Waals surface area contributed by atoms with E-state index in [0.717, 1.165) is 6.07 Å². The van der Waals surface area contributed by atoms with Crippen molar-refractivity contribution in [3.8, 4) is 0 Å². The molecule has 0 amide bonds. The van der Waals surface area contributed by atoms with E-state index in [-0.39, 0.29) is 5.56 Å². The zero-order valence-corrected chi connectivity index (χ0v) is 6.08. The smallest absolute Gasteiger partial charge is 0.178 e. The Balaban J connectivity index is 3.05. The molecule has 0 aliphatic rings. The summed E-state index contributed by atoms with van der Waals surface area (Å²) < 4.78 is 12.7. The Morgan fingerprint density at radius 1 is 1.36 bits per heavy atom. The van der Waals surface area contributed by atoms with Gasteiger partial charge in [0.25, 0.3) is 0 Å². The van der Waals surface area contributed by atoms with E-state index in [1.165, 1.54) is 12.1 Å². The maximum absolute atomic E-state index is 12.7. The number of benzene rings is 1. The van der Waals surface area contributed by atoms with Crippen molar-refractivity contribution >= 4 is 0 Å². The second kappa shape index (κ2) is 2.98. The fourth-order valence-corrected chi connectivity index (χ4v) is 0.770. The average Bonchev–Trinajstić information content (AvgIpc) is 1.94. The summed E-state index contributed by atoms with van der Waals surface area (Å²) in [6.07, 6.45) is -1.59. The summed E-state index contributed by atoms with van der Waals surface area (Å²) in [5.74, 6) is -0.421. The van der Waals surface area contributed by atoms with Crippen LogP contribution in [0.15, 0.2) is 18.2 Å². The van der Waals surface area contributed by atoms with Gasteiger partial charge < -0.3 is 10.2 Å². The third-order valence-electron chi connectivity index (χ3n) is 1.49. The molecular weight excluding hydrogens is 147 g/mol. The van der Waals surface area contributed by atoms with Crippen LogP contribution in [0.25, 0.3) is 0 Å². The van der Waals surface area contributed by atoms with Crippen LogP contribution >= 0.6 is 0 Å². The molecule has 2 N–H and O–H groups in total. The van der Waals surface area contributed by atoms with Gasteiger partial charge in [0.05, 0.1) is 0 Å². The SMILES string of the molecule is Cc1ccc(C(O)O)cc1F. The molecule has 1 rings (SSSR count). The topological polar surface area (TPSA) is 40.5 Å². The van der Waals surface area contributed by atoms with E-state index in [9.17, 15) is 4.39 Å². The van der Waals surface area contributed by atoms with E-state index < -0.39 is 12.1 Å². The lowest BCUT2D eigenvalue weighted by molar-refractivity contribution is -0.0426. The Bertz CT molecular complexity index is 258. The summed E-state index contributed by atoms with van der Waals surface area (Å²) in [5.41, 5.74) is 0.669. The Hall–Kier alpha value is -0.930. The Morgan fingerprint density at radius 3 is 2.45 bits per heavy atom. The zero-order chi connectivity index (χ0) is 8.43. The fourth-order valence-electron chi connectivity index (χ4n) is 0.770. The zero-order valence-electron chi connectivity index (χ0n) is 6.08. The second-order valence-corrected chi connectivity index (χ2v) is 2.38. The molecule has 0 aromatic heterocycles. The number of aliphatic hydroxyl groups is 2. The van der Waals surface area contributed by atoms with Gasteiger partial charge in [0, 0.05) is 5.56 Å². The van der Waals surface area contributed by atoms with E-state index in [1.54, 1.807) is 6.92 Å². The first-order chi connectivity index (χ1) is 5.11. The summed E-state index contributed by atoms with van der Waals surface area (Å²) in [5, 5.41) is 17.3. The summed E-state index contributed by atoms with van der Waals surface area (Å²) in [6.45, 7) is 1.61. The third kappa shape index (κ3) is 1.76. The van der Waals surface area contributed by atoms with Crippen molar-refractivity contribution < 1.29 is 14.6 Å². The summed E-state index contributed by atoms with van der Waals surface area (Å²) in [7, 11) is 0. The molecule has 2 nitrogen and oxygen atoms in total. The molecule has 0 bridgehead atoms. The number of aryl methyl sites for hydroxylation is 1. The Kier molecular flexibility index (Phi) is 2.22. The van der Waals surface area contributed by atoms with Crippen molar-refractivity contribution in [1.82, 2.24) is 0 Å². The van der Waals surface area contributed by atoms with Crippen LogP contribution in [-0.2, 0) is 0 Å². The van der Waals surface area contributed by atoms with Crippen LogP contribution < -0.4 is 0 Å². The maximum Gasteiger partial charge on any atom is 0.178 e. The minimum Gasteiger partial charge on any atom is -0.364 e. The molecule has 0 unspecified atom stereocenters. The molecule has 0 fully saturated rings. The molecule has 0 aliphatic carbocycles. The van der Waals surface area contributed by atoms with Gasteiger partial charge in [-0.3, -0.25) is 0 Å². The predicted octanol–water partition coefficient (Wildman–Crippen LogP) is 1.12. The van der Waals surface area contributed by atoms with Gasteiger partial charge in [-0.15, -0.1) is 0 Å². The van der Waals surface area contributed by atoms with Crippen molar-refractivity contribution in [2.45, 2.75) is 13.2 Å². The number of aliphatic hydroxyl groups excluding tert-OH is 1. The van der Waals surface area contributed by atoms with Crippen LogP contribution in [0.4, 0.5) is 4.39 Å². The minimum absolute atomic E-state index is 0.174. The molecule has 0 saturated carbocycles. The molecule has 0 atom stereocenters. The molecule has 0 spiro atoms. The van der Waals surface area contributed by atoms with E-state index in [0.29, 0.717) is 5.56 Å². The van der Waals surface area contributed by atoms with Crippen LogP contribution in [0.1, 0.15) is 17.4 Å². The summed E-state index contributed by atoms with van der Waals surface area (Å²) >= 11 is 0. The minimum atomic E-state index is -1.59. The molecule has 0 radical (unpaired) electrons. The molecule has 0 saturated heterocycles. The predicted molar refractivity (Wildman–Crippen MR) is 38.3 cm³/mol. The van der Waals surface area contributed by atoms with Gasteiger partial charge in [0.2, 0.25) is 0 Å². The number of hydrogen-bond donors (Lipinski definition) is 2. The molecule has 11 heavy (non-hydrogen) atoms. The molecule has 1 aromatic carbocycles. The van der Waals surface area contributed by atoms with Crippen molar-refractivity contribution in [2.24, 2.45) is 0 Å². The van der Waals surface area contributed by atoms with Crippen LogP contribution in [0.5, 0.6) is 0 Å². The average molecular weight is 156 g/mol. The van der Waals surface area contributed by atoms with Crippen LogP contribution in [-0.4, -0.2) is 10.2 Å². The molecular formula is C8H9FO2. The van der Waals surface area contributed by atoms with Gasteiger partial charge in [0.1, 0.15) is 5.82 Å². The molecule has 60 valence electrons. The Labute approximate surface area is 63.9 Å². The lowest BCUT2D eigenvalue weighted by Crippen LogP contribution is -1.95. The van der Waals surface area contributed by atoms with E-state index in [2.05, 4.69) is 0 Å². The molecule has 0 heterocycles. The van der Waals surface area contributed by atoms with Gasteiger partial charge in [-0.1, -0.05) is 12.1 Å². The normalized spacial score (nSPS) is 10.6. The standard InChI is InChI=1S/C8H9FO2/c1-5-2-3-6(8(10)11)4-7(5)9/h2-4,8,10-11H,1H3. The number of halogens is 1. The highest BCUT2D eigenvalue weighted by molar-refractivity contribution is 5.23. The van der Waals surface area contributed by atoms with E-state index in [1.807, 2.05) is 0 Å². The summed E-state index contributed by atoms with van der Waals surface area (Å²) in [6, 6.07) is 4.09. The highest BCUT2D eigenvalue weighted by Gasteiger charge is 2.04. The fraction of sp³-hybridized carbons (Fsp3) is 0.250. The molecule has 0 aliphatic heterocycles. The van der Waals surface area contributed by atoms with Gasteiger partial charge >= 0.3 is 0 Å². The van der Waals surface area contributed by atoms with Crippen molar-refractivity contribution in [1.29, 1.82) is 0 Å². The van der Waals surface area contributed by atoms with Crippen LogP contribution in [0.2, 0.25) is 0 Å². The highest BCUT2D eigenvalue weighted by atomic mass is 19.1. The largest absolute Gasteiger partial charge is 0.364 e. The number of rotatable bonds is 1. The monoisotopic (exact) mass is 156 g/mol. The summed E-state index contributed by atoms with van der Waals surface area (Å²) in [4.78, 5) is 0. The third-order valence-corrected chi connectivity index (χ3v) is 1.49. The lowest BCUT2D eigenvalue weighted by atomic mass is 10.1. The van der Waals surface area contributed by atoms with Gasteiger partial charge in [-0.25, -0.2) is 4.39 Å². The van der Waals surface area contributed by atoms with Gasteiger partial charge in [0.15, 0.2) is 6.29 Å². The lowest BCUT2D eigenvalue weighted by Gasteiger charge is -2.03. The van der Waals surface area contributed by atoms with Crippen LogP contribution in [0, 0.1) is 12.7 Å². The van der Waals surface area contributed by atoms with Crippen LogP contribution in [0.3, 0.4) is 0 Å².